The van der Waals surface area contributed by atoms with Crippen molar-refractivity contribution in [2.24, 2.45) is 0 Å². The molecule has 0 spiro atoms. The van der Waals surface area contributed by atoms with Crippen molar-refractivity contribution in [1.29, 1.82) is 0 Å². The third kappa shape index (κ3) is 5.05. The van der Waals surface area contributed by atoms with Crippen molar-refractivity contribution < 1.29 is 19.2 Å². The van der Waals surface area contributed by atoms with Gasteiger partial charge >= 0.3 is 5.97 Å². The smallest absolute Gasteiger partial charge is 0.341 e. The Kier molecular flexibility index (Phi) is 6.52. The number of hydrogen-bond donors (Lipinski definition) is 2. The quantitative estimate of drug-likeness (QED) is 0.283. The molecule has 0 aliphatic carbocycles. The summed E-state index contributed by atoms with van der Waals surface area (Å²) < 4.78 is 5.29. The summed E-state index contributed by atoms with van der Waals surface area (Å²) in [6.45, 7) is 10.2. The van der Waals surface area contributed by atoms with E-state index in [4.69, 9.17) is 4.74 Å². The molecule has 2 heterocycles. The Hall–Kier alpha value is -3.04. The van der Waals surface area contributed by atoms with Crippen molar-refractivity contribution in [3.05, 3.63) is 62.0 Å². The first-order valence-electron chi connectivity index (χ1n) is 10.3. The lowest BCUT2D eigenvalue weighted by Gasteiger charge is -2.42. The monoisotopic (exact) mass is 457 g/mol. The van der Waals surface area contributed by atoms with Gasteiger partial charge in [-0.05, 0) is 58.2 Å². The molecule has 3 rings (SSSR count). The summed E-state index contributed by atoms with van der Waals surface area (Å²) in [4.78, 5) is 36.9. The molecule has 0 unspecified atom stereocenters. The van der Waals surface area contributed by atoms with E-state index in [1.165, 1.54) is 35.6 Å². The van der Waals surface area contributed by atoms with Crippen molar-refractivity contribution in [2.45, 2.75) is 52.1 Å². The normalized spacial score (nSPS) is 16.4. The van der Waals surface area contributed by atoms with Crippen LogP contribution < -0.4 is 10.6 Å². The van der Waals surface area contributed by atoms with Crippen LogP contribution in [-0.4, -0.2) is 28.9 Å². The second kappa shape index (κ2) is 8.84. The molecule has 2 N–H and O–H groups in total. The molecule has 32 heavy (non-hydrogen) atoms. The summed E-state index contributed by atoms with van der Waals surface area (Å²) in [6.07, 6.45) is 3.41. The predicted octanol–water partition coefficient (Wildman–Crippen LogP) is 4.64. The first kappa shape index (κ1) is 23.6. The van der Waals surface area contributed by atoms with Crippen LogP contribution in [0.1, 0.15) is 61.0 Å². The number of carbonyl (C=O) groups excluding carboxylic acids is 2. The lowest BCUT2D eigenvalue weighted by molar-refractivity contribution is -0.384. The first-order chi connectivity index (χ1) is 14.9. The zero-order chi connectivity index (χ0) is 23.7. The Morgan fingerprint density at radius 2 is 2.03 bits per heavy atom. The van der Waals surface area contributed by atoms with Gasteiger partial charge in [-0.3, -0.25) is 14.9 Å². The zero-order valence-electron chi connectivity index (χ0n) is 18.8. The van der Waals surface area contributed by atoms with E-state index in [0.717, 1.165) is 10.4 Å². The fourth-order valence-corrected chi connectivity index (χ4v) is 5.37. The molecule has 1 amide bonds. The number of carbonyl (C=O) groups is 2. The van der Waals surface area contributed by atoms with Gasteiger partial charge in [0.15, 0.2) is 0 Å². The molecule has 1 aromatic carbocycles. The number of nitrogens with one attached hydrogen (secondary N) is 2. The van der Waals surface area contributed by atoms with Crippen molar-refractivity contribution >= 4 is 40.0 Å². The Balaban J connectivity index is 1.93. The number of ether oxygens (including phenoxy) is 1. The highest BCUT2D eigenvalue weighted by atomic mass is 32.1. The highest BCUT2D eigenvalue weighted by Crippen LogP contribution is 2.45. The van der Waals surface area contributed by atoms with E-state index >= 15 is 0 Å². The van der Waals surface area contributed by atoms with Crippen LogP contribution >= 0.6 is 11.3 Å². The van der Waals surface area contributed by atoms with Crippen LogP contribution in [0.15, 0.2) is 30.3 Å². The molecule has 0 atom stereocenters. The minimum Gasteiger partial charge on any atom is -0.462 e. The number of nitro benzene ring substituents is 1. The van der Waals surface area contributed by atoms with Gasteiger partial charge in [0.2, 0.25) is 5.91 Å². The number of non-ortho nitro benzene ring substituents is 1. The zero-order valence-corrected chi connectivity index (χ0v) is 19.6. The maximum atomic E-state index is 12.8. The maximum Gasteiger partial charge on any atom is 0.341 e. The van der Waals surface area contributed by atoms with Crippen LogP contribution in [0.4, 0.5) is 10.7 Å². The minimum atomic E-state index is -0.490. The number of fused-ring (bicyclic) bond motifs is 1. The van der Waals surface area contributed by atoms with Gasteiger partial charge < -0.3 is 15.4 Å². The number of thiophene rings is 1. The molecule has 0 fully saturated rings. The van der Waals surface area contributed by atoms with Gasteiger partial charge in [0, 0.05) is 34.2 Å². The lowest BCUT2D eigenvalue weighted by Crippen LogP contribution is -2.55. The van der Waals surface area contributed by atoms with Gasteiger partial charge in [0.05, 0.1) is 17.1 Å². The van der Waals surface area contributed by atoms with Gasteiger partial charge in [0.25, 0.3) is 5.69 Å². The molecule has 0 bridgehead atoms. The van der Waals surface area contributed by atoms with E-state index in [0.29, 0.717) is 22.5 Å². The van der Waals surface area contributed by atoms with Crippen molar-refractivity contribution in [1.82, 2.24) is 5.32 Å². The molecule has 1 aromatic heterocycles. The molecule has 0 saturated carbocycles. The molecule has 9 heteroatoms. The highest BCUT2D eigenvalue weighted by Gasteiger charge is 2.42. The molecule has 8 nitrogen and oxygen atoms in total. The van der Waals surface area contributed by atoms with Gasteiger partial charge in [-0.1, -0.05) is 12.1 Å². The van der Waals surface area contributed by atoms with Crippen molar-refractivity contribution in [2.75, 3.05) is 11.9 Å². The second-order valence-corrected chi connectivity index (χ2v) is 9.84. The second-order valence-electron chi connectivity index (χ2n) is 8.82. The largest absolute Gasteiger partial charge is 0.462 e. The van der Waals surface area contributed by atoms with Crippen LogP contribution in [0.5, 0.6) is 0 Å². The third-order valence-electron chi connectivity index (χ3n) is 5.07. The SMILES string of the molecule is CCOC(=O)c1c(NC(=O)C=Cc2cccc([N+](=O)[O-])c2)sc2c1CC(C)(C)NC2(C)C. The first-order valence-corrected chi connectivity index (χ1v) is 11.1. The van der Waals surface area contributed by atoms with Crippen molar-refractivity contribution in [3.63, 3.8) is 0 Å². The number of esters is 1. The average molecular weight is 458 g/mol. The van der Waals surface area contributed by atoms with Crippen LogP contribution in [0.2, 0.25) is 0 Å². The molecule has 1 aliphatic heterocycles. The number of rotatable bonds is 6. The number of amides is 1. The fourth-order valence-electron chi connectivity index (χ4n) is 4.10. The van der Waals surface area contributed by atoms with Crippen LogP contribution in [-0.2, 0) is 21.5 Å². The number of benzene rings is 1. The summed E-state index contributed by atoms with van der Waals surface area (Å²) >= 11 is 1.36. The molecule has 1 aliphatic rings. The van der Waals surface area contributed by atoms with E-state index in [-0.39, 0.29) is 23.4 Å². The highest BCUT2D eigenvalue weighted by molar-refractivity contribution is 7.17. The van der Waals surface area contributed by atoms with E-state index in [2.05, 4.69) is 24.5 Å². The average Bonchev–Trinajstić information content (AvgIpc) is 3.03. The third-order valence-corrected chi connectivity index (χ3v) is 6.54. The number of nitro groups is 1. The maximum absolute atomic E-state index is 12.8. The summed E-state index contributed by atoms with van der Waals surface area (Å²) in [7, 11) is 0. The van der Waals surface area contributed by atoms with Gasteiger partial charge in [0.1, 0.15) is 5.00 Å². The number of anilines is 1. The van der Waals surface area contributed by atoms with E-state index in [1.54, 1.807) is 19.1 Å². The Bertz CT molecular complexity index is 1100. The van der Waals surface area contributed by atoms with E-state index in [1.807, 2.05) is 13.8 Å². The van der Waals surface area contributed by atoms with Crippen molar-refractivity contribution in [3.8, 4) is 0 Å². The van der Waals surface area contributed by atoms with E-state index in [9.17, 15) is 19.7 Å². The summed E-state index contributed by atoms with van der Waals surface area (Å²) in [5.74, 6) is -0.901. The minimum absolute atomic E-state index is 0.0552. The standard InChI is InChI=1S/C23H27N3O5S/c1-6-31-21(28)18-16-13-22(2,3)25-23(4,5)19(16)32-20(18)24-17(27)11-10-14-8-7-9-15(12-14)26(29)30/h7-12,25H,6,13H2,1-5H3,(H,24,27). The molecular formula is C23H27N3O5S. The van der Waals surface area contributed by atoms with Gasteiger partial charge in [-0.25, -0.2) is 4.79 Å². The number of nitrogens with zero attached hydrogens (tertiary/aromatic N) is 1. The molecule has 0 saturated heterocycles. The summed E-state index contributed by atoms with van der Waals surface area (Å²) in [5, 5.41) is 17.8. The Labute approximate surface area is 190 Å². The van der Waals surface area contributed by atoms with E-state index < -0.39 is 16.8 Å². The van der Waals surface area contributed by atoms with Gasteiger partial charge in [-0.15, -0.1) is 11.3 Å². The summed E-state index contributed by atoms with van der Waals surface area (Å²) in [5.41, 5.74) is 1.14. The van der Waals surface area contributed by atoms with Crippen LogP contribution in [0, 0.1) is 10.1 Å². The summed E-state index contributed by atoms with van der Waals surface area (Å²) in [6, 6.07) is 5.99. The number of hydrogen-bond acceptors (Lipinski definition) is 7. The predicted molar refractivity (Wildman–Crippen MR) is 125 cm³/mol. The topological polar surface area (TPSA) is 111 Å². The molecule has 170 valence electrons. The van der Waals surface area contributed by atoms with Crippen LogP contribution in [0.25, 0.3) is 6.08 Å². The lowest BCUT2D eigenvalue weighted by atomic mass is 9.81. The fraction of sp³-hybridized carbons (Fsp3) is 0.391. The van der Waals surface area contributed by atoms with Gasteiger partial charge in [-0.2, -0.15) is 0 Å². The van der Waals surface area contributed by atoms with Crippen LogP contribution in [0.3, 0.4) is 0 Å². The Morgan fingerprint density at radius 1 is 1.31 bits per heavy atom. The molecular weight excluding hydrogens is 430 g/mol. The molecule has 2 aromatic rings. The Morgan fingerprint density at radius 3 is 2.69 bits per heavy atom. The molecule has 0 radical (unpaired) electrons.